The fourth-order valence-corrected chi connectivity index (χ4v) is 2.90. The standard InChI is InChI=1S/C22H22O11/c1-31-16-7-4-12(10-17(16)32-2)5-8-18(25)33-19(20(26)27)22(30,21(28)29)11-13-3-6-14(23)15(24)9-13/h3-10,19,23-24,30H,11H2,1-2H3,(H,26,27)(H,28,29)/b8-5+/t19-,22-/m0/s1. The normalized spacial score (nSPS) is 13.7. The second-order valence-corrected chi connectivity index (χ2v) is 6.83. The van der Waals surface area contributed by atoms with Crippen LogP contribution in [-0.4, -0.2) is 69.4 Å². The van der Waals surface area contributed by atoms with E-state index in [1.165, 1.54) is 32.4 Å². The van der Waals surface area contributed by atoms with Gasteiger partial charge in [-0.2, -0.15) is 0 Å². The number of carboxylic acid groups (broad SMARTS) is 2. The number of phenols is 2. The Bertz CT molecular complexity index is 1080. The first-order chi connectivity index (χ1) is 15.5. The minimum atomic E-state index is -3.08. The number of carbonyl (C=O) groups is 3. The lowest BCUT2D eigenvalue weighted by molar-refractivity contribution is -0.192. The smallest absolute Gasteiger partial charge is 0.348 e. The molecule has 0 fully saturated rings. The number of hydrogen-bond acceptors (Lipinski definition) is 9. The van der Waals surface area contributed by atoms with Crippen LogP contribution in [0.1, 0.15) is 11.1 Å². The maximum atomic E-state index is 12.2. The molecule has 0 saturated heterocycles. The van der Waals surface area contributed by atoms with E-state index in [1.54, 1.807) is 12.1 Å². The number of benzene rings is 2. The fraction of sp³-hybridized carbons (Fsp3) is 0.227. The Labute approximate surface area is 187 Å². The van der Waals surface area contributed by atoms with E-state index >= 15 is 0 Å². The molecular weight excluding hydrogens is 440 g/mol. The molecule has 2 aromatic carbocycles. The molecule has 11 nitrogen and oxygen atoms in total. The highest BCUT2D eigenvalue weighted by molar-refractivity contribution is 5.93. The van der Waals surface area contributed by atoms with Gasteiger partial charge < -0.3 is 39.7 Å². The van der Waals surface area contributed by atoms with Crippen molar-refractivity contribution in [2.75, 3.05) is 14.2 Å². The number of hydrogen-bond donors (Lipinski definition) is 5. The van der Waals surface area contributed by atoms with Crippen molar-refractivity contribution in [3.05, 3.63) is 53.6 Å². The summed E-state index contributed by atoms with van der Waals surface area (Å²) in [5.74, 6) is -5.41. The van der Waals surface area contributed by atoms with Crippen LogP contribution in [0.25, 0.3) is 6.08 Å². The van der Waals surface area contributed by atoms with Crippen molar-refractivity contribution >= 4 is 24.0 Å². The predicted molar refractivity (Wildman–Crippen MR) is 112 cm³/mol. The molecule has 0 aliphatic carbocycles. The van der Waals surface area contributed by atoms with Crippen LogP contribution in [0.2, 0.25) is 0 Å². The van der Waals surface area contributed by atoms with E-state index in [2.05, 4.69) is 0 Å². The average Bonchev–Trinajstić information content (AvgIpc) is 2.77. The van der Waals surface area contributed by atoms with Crippen LogP contribution < -0.4 is 9.47 Å². The van der Waals surface area contributed by atoms with Gasteiger partial charge in [0.15, 0.2) is 23.0 Å². The second kappa shape index (κ2) is 10.4. The van der Waals surface area contributed by atoms with E-state index < -0.39 is 47.5 Å². The number of aromatic hydroxyl groups is 2. The molecule has 0 spiro atoms. The number of ether oxygens (including phenoxy) is 3. The third-order valence-corrected chi connectivity index (χ3v) is 4.60. The molecule has 0 unspecified atom stereocenters. The van der Waals surface area contributed by atoms with Crippen LogP contribution >= 0.6 is 0 Å². The number of aliphatic carboxylic acids is 2. The van der Waals surface area contributed by atoms with Crippen LogP contribution in [-0.2, 0) is 25.5 Å². The number of aliphatic hydroxyl groups is 1. The molecule has 0 saturated carbocycles. The molecule has 0 bridgehead atoms. The van der Waals surface area contributed by atoms with Crippen molar-refractivity contribution < 1.29 is 54.1 Å². The summed E-state index contributed by atoms with van der Waals surface area (Å²) in [4.78, 5) is 35.7. The third kappa shape index (κ3) is 5.92. The summed E-state index contributed by atoms with van der Waals surface area (Å²) in [6.07, 6.45) is -1.22. The number of carboxylic acids is 2. The van der Waals surface area contributed by atoms with Gasteiger partial charge in [-0.05, 0) is 41.5 Å². The number of rotatable bonds is 10. The van der Waals surface area contributed by atoms with E-state index in [1.807, 2.05) is 0 Å². The Balaban J connectivity index is 2.26. The summed E-state index contributed by atoms with van der Waals surface area (Å²) < 4.78 is 15.0. The number of phenolic OH excluding ortho intramolecular Hbond substituents is 2. The van der Waals surface area contributed by atoms with Gasteiger partial charge in [0.25, 0.3) is 0 Å². The van der Waals surface area contributed by atoms with E-state index in [9.17, 15) is 39.9 Å². The van der Waals surface area contributed by atoms with Crippen molar-refractivity contribution in [3.8, 4) is 23.0 Å². The first-order valence-electron chi connectivity index (χ1n) is 9.32. The van der Waals surface area contributed by atoms with Crippen LogP contribution in [0.4, 0.5) is 0 Å². The van der Waals surface area contributed by atoms with Gasteiger partial charge in [-0.25, -0.2) is 14.4 Å². The molecule has 2 aromatic rings. The van der Waals surface area contributed by atoms with Crippen LogP contribution in [0, 0.1) is 0 Å². The summed E-state index contributed by atoms with van der Waals surface area (Å²) in [6.45, 7) is 0. The maximum absolute atomic E-state index is 12.2. The predicted octanol–water partition coefficient (Wildman–Crippen LogP) is 1.18. The monoisotopic (exact) mass is 462 g/mol. The third-order valence-electron chi connectivity index (χ3n) is 4.60. The van der Waals surface area contributed by atoms with Crippen molar-refractivity contribution in [1.82, 2.24) is 0 Å². The van der Waals surface area contributed by atoms with Crippen molar-refractivity contribution in [1.29, 1.82) is 0 Å². The van der Waals surface area contributed by atoms with E-state index in [0.29, 0.717) is 17.1 Å². The lowest BCUT2D eigenvalue weighted by Gasteiger charge is -2.29. The van der Waals surface area contributed by atoms with E-state index in [0.717, 1.165) is 18.2 Å². The second-order valence-electron chi connectivity index (χ2n) is 6.83. The topological polar surface area (TPSA) is 180 Å². The Morgan fingerprint density at radius 3 is 2.18 bits per heavy atom. The summed E-state index contributed by atoms with van der Waals surface area (Å²) in [7, 11) is 2.86. The minimum absolute atomic E-state index is 0.0293. The first-order valence-corrected chi connectivity index (χ1v) is 9.32. The van der Waals surface area contributed by atoms with Gasteiger partial charge in [-0.1, -0.05) is 12.1 Å². The molecule has 11 heteroatoms. The van der Waals surface area contributed by atoms with Crippen LogP contribution in [0.3, 0.4) is 0 Å². The van der Waals surface area contributed by atoms with Crippen molar-refractivity contribution in [2.24, 2.45) is 0 Å². The summed E-state index contributed by atoms with van der Waals surface area (Å²) in [5, 5.41) is 48.5. The van der Waals surface area contributed by atoms with Gasteiger partial charge in [-0.3, -0.25) is 0 Å². The van der Waals surface area contributed by atoms with Crippen molar-refractivity contribution in [3.63, 3.8) is 0 Å². The Kier molecular flexibility index (Phi) is 7.86. The molecule has 176 valence electrons. The number of carbonyl (C=O) groups excluding carboxylic acids is 1. The highest BCUT2D eigenvalue weighted by Gasteiger charge is 2.51. The molecule has 0 amide bonds. The molecule has 33 heavy (non-hydrogen) atoms. The average molecular weight is 462 g/mol. The largest absolute Gasteiger partial charge is 0.504 e. The molecule has 0 aromatic heterocycles. The summed E-state index contributed by atoms with van der Waals surface area (Å²) in [6, 6.07) is 7.81. The van der Waals surface area contributed by atoms with Gasteiger partial charge >= 0.3 is 17.9 Å². The van der Waals surface area contributed by atoms with Gasteiger partial charge in [0, 0.05) is 12.5 Å². The zero-order valence-electron chi connectivity index (χ0n) is 17.6. The van der Waals surface area contributed by atoms with Gasteiger partial charge in [0.1, 0.15) is 0 Å². The maximum Gasteiger partial charge on any atom is 0.348 e. The van der Waals surface area contributed by atoms with E-state index in [-0.39, 0.29) is 5.56 Å². The number of methoxy groups -OCH3 is 2. The Hall–Kier alpha value is -4.25. The minimum Gasteiger partial charge on any atom is -0.504 e. The van der Waals surface area contributed by atoms with Crippen LogP contribution in [0.5, 0.6) is 23.0 Å². The SMILES string of the molecule is COc1ccc(/C=C/C(=O)O[C@@H](C(=O)O)[C@@](O)(Cc2ccc(O)c(O)c2)C(=O)O)cc1OC. The molecule has 2 rings (SSSR count). The van der Waals surface area contributed by atoms with Gasteiger partial charge in [0.05, 0.1) is 14.2 Å². The fourth-order valence-electron chi connectivity index (χ4n) is 2.90. The Morgan fingerprint density at radius 1 is 0.970 bits per heavy atom. The zero-order chi connectivity index (χ0) is 24.8. The summed E-state index contributed by atoms with van der Waals surface area (Å²) in [5.41, 5.74) is -2.65. The molecule has 0 aliphatic heterocycles. The van der Waals surface area contributed by atoms with Gasteiger partial charge in [0.2, 0.25) is 11.7 Å². The molecule has 0 heterocycles. The highest BCUT2D eigenvalue weighted by Crippen LogP contribution is 2.30. The lowest BCUT2D eigenvalue weighted by atomic mass is 9.88. The number of esters is 1. The van der Waals surface area contributed by atoms with Crippen molar-refractivity contribution in [2.45, 2.75) is 18.1 Å². The molecular formula is C22H22O11. The highest BCUT2D eigenvalue weighted by atomic mass is 16.6. The molecule has 2 atom stereocenters. The Morgan fingerprint density at radius 2 is 1.64 bits per heavy atom. The zero-order valence-corrected chi connectivity index (χ0v) is 17.6. The lowest BCUT2D eigenvalue weighted by Crippen LogP contribution is -2.56. The summed E-state index contributed by atoms with van der Waals surface area (Å²) >= 11 is 0. The molecule has 0 aliphatic rings. The molecule has 0 radical (unpaired) electrons. The van der Waals surface area contributed by atoms with Gasteiger partial charge in [-0.15, -0.1) is 0 Å². The van der Waals surface area contributed by atoms with E-state index in [4.69, 9.17) is 14.2 Å². The van der Waals surface area contributed by atoms with Crippen LogP contribution in [0.15, 0.2) is 42.5 Å². The first kappa shape index (κ1) is 25.0. The molecule has 5 N–H and O–H groups in total. The quantitative estimate of drug-likeness (QED) is 0.194.